The van der Waals surface area contributed by atoms with Crippen LogP contribution in [0.15, 0.2) is 18.2 Å². The SMILES string of the molecule is CC(C)CSCc1cc(CN(C)CC(C)C)cc(CN(C)CC(C)C)c1. The van der Waals surface area contributed by atoms with Crippen LogP contribution in [0, 0.1) is 17.8 Å². The van der Waals surface area contributed by atoms with Crippen molar-refractivity contribution in [1.82, 2.24) is 9.80 Å². The lowest BCUT2D eigenvalue weighted by molar-refractivity contribution is 0.284. The summed E-state index contributed by atoms with van der Waals surface area (Å²) in [5, 5.41) is 0. The van der Waals surface area contributed by atoms with E-state index in [1.807, 2.05) is 0 Å². The normalized spacial score (nSPS) is 12.3. The molecule has 1 aromatic rings. The van der Waals surface area contributed by atoms with Crippen LogP contribution in [0.3, 0.4) is 0 Å². The summed E-state index contributed by atoms with van der Waals surface area (Å²) in [6, 6.07) is 7.27. The van der Waals surface area contributed by atoms with Gasteiger partial charge in [-0.15, -0.1) is 0 Å². The lowest BCUT2D eigenvalue weighted by Gasteiger charge is -2.22. The van der Waals surface area contributed by atoms with Gasteiger partial charge in [0.05, 0.1) is 0 Å². The maximum absolute atomic E-state index is 2.45. The lowest BCUT2D eigenvalue weighted by Crippen LogP contribution is -2.24. The fourth-order valence-electron chi connectivity index (χ4n) is 3.52. The number of hydrogen-bond acceptors (Lipinski definition) is 3. The zero-order chi connectivity index (χ0) is 19.7. The van der Waals surface area contributed by atoms with E-state index in [4.69, 9.17) is 0 Å². The Balaban J connectivity index is 2.86. The van der Waals surface area contributed by atoms with Crippen molar-refractivity contribution in [2.24, 2.45) is 17.8 Å². The van der Waals surface area contributed by atoms with Crippen molar-refractivity contribution < 1.29 is 0 Å². The number of thioether (sulfide) groups is 1. The molecule has 1 rings (SSSR count). The molecule has 0 saturated carbocycles. The van der Waals surface area contributed by atoms with E-state index < -0.39 is 0 Å². The highest BCUT2D eigenvalue weighted by molar-refractivity contribution is 7.98. The molecule has 0 atom stereocenters. The van der Waals surface area contributed by atoms with Crippen molar-refractivity contribution in [2.75, 3.05) is 32.9 Å². The van der Waals surface area contributed by atoms with Gasteiger partial charge >= 0.3 is 0 Å². The van der Waals surface area contributed by atoms with Crippen LogP contribution in [0.2, 0.25) is 0 Å². The average Bonchev–Trinajstić information content (AvgIpc) is 2.44. The number of hydrogen-bond donors (Lipinski definition) is 0. The fraction of sp³-hybridized carbons (Fsp3) is 0.739. The van der Waals surface area contributed by atoms with E-state index in [-0.39, 0.29) is 0 Å². The minimum Gasteiger partial charge on any atom is -0.302 e. The van der Waals surface area contributed by atoms with Gasteiger partial charge < -0.3 is 9.80 Å². The molecule has 0 aliphatic heterocycles. The monoisotopic (exact) mass is 378 g/mol. The molecule has 0 fully saturated rings. The molecular formula is C23H42N2S. The van der Waals surface area contributed by atoms with Gasteiger partial charge in [0.15, 0.2) is 0 Å². The van der Waals surface area contributed by atoms with Gasteiger partial charge in [0.1, 0.15) is 0 Å². The highest BCUT2D eigenvalue weighted by Crippen LogP contribution is 2.20. The predicted octanol–water partition coefficient (Wildman–Crippen LogP) is 5.75. The van der Waals surface area contributed by atoms with E-state index in [1.54, 1.807) is 0 Å². The molecule has 0 aliphatic rings. The Morgan fingerprint density at radius 3 is 1.50 bits per heavy atom. The Labute approximate surface area is 167 Å². The summed E-state index contributed by atoms with van der Waals surface area (Å²) in [4.78, 5) is 4.90. The Kier molecular flexibility index (Phi) is 10.9. The molecular weight excluding hydrogens is 336 g/mol. The van der Waals surface area contributed by atoms with Crippen LogP contribution in [0.4, 0.5) is 0 Å². The lowest BCUT2D eigenvalue weighted by atomic mass is 10.0. The van der Waals surface area contributed by atoms with Crippen molar-refractivity contribution in [3.05, 3.63) is 34.9 Å². The van der Waals surface area contributed by atoms with Crippen molar-refractivity contribution >= 4 is 11.8 Å². The first-order valence-electron chi connectivity index (χ1n) is 10.2. The predicted molar refractivity (Wildman–Crippen MR) is 120 cm³/mol. The molecule has 0 saturated heterocycles. The molecule has 0 N–H and O–H groups in total. The molecule has 0 amide bonds. The van der Waals surface area contributed by atoms with Crippen molar-refractivity contribution in [1.29, 1.82) is 0 Å². The molecule has 0 spiro atoms. The van der Waals surface area contributed by atoms with Gasteiger partial charge in [-0.25, -0.2) is 0 Å². The second-order valence-electron chi connectivity index (χ2n) is 9.25. The Bertz CT molecular complexity index is 475. The van der Waals surface area contributed by atoms with Crippen LogP contribution in [-0.2, 0) is 18.8 Å². The highest BCUT2D eigenvalue weighted by atomic mass is 32.2. The fourth-order valence-corrected chi connectivity index (χ4v) is 4.51. The summed E-state index contributed by atoms with van der Waals surface area (Å²) in [7, 11) is 4.48. The first-order valence-corrected chi connectivity index (χ1v) is 11.4. The number of nitrogens with zero attached hydrogens (tertiary/aromatic N) is 2. The van der Waals surface area contributed by atoms with E-state index in [9.17, 15) is 0 Å². The maximum Gasteiger partial charge on any atom is 0.0231 e. The minimum absolute atomic E-state index is 0.710. The van der Waals surface area contributed by atoms with E-state index in [0.29, 0.717) is 11.8 Å². The van der Waals surface area contributed by atoms with Gasteiger partial charge in [-0.05, 0) is 54.3 Å². The van der Waals surface area contributed by atoms with E-state index in [2.05, 4.69) is 95.4 Å². The van der Waals surface area contributed by atoms with E-state index >= 15 is 0 Å². The standard InChI is InChI=1S/C23H42N2S/c1-18(2)12-24(7)14-21-9-22(15-25(8)13-19(3)4)11-23(10-21)17-26-16-20(5)6/h9-11,18-20H,12-17H2,1-8H3. The summed E-state index contributed by atoms with van der Waals surface area (Å²) >= 11 is 2.06. The molecule has 2 nitrogen and oxygen atoms in total. The maximum atomic E-state index is 2.45. The molecule has 0 unspecified atom stereocenters. The molecule has 0 heterocycles. The Morgan fingerprint density at radius 2 is 1.12 bits per heavy atom. The van der Waals surface area contributed by atoms with Crippen LogP contribution < -0.4 is 0 Å². The summed E-state index contributed by atoms with van der Waals surface area (Å²) in [5.41, 5.74) is 4.41. The van der Waals surface area contributed by atoms with E-state index in [1.165, 1.54) is 22.4 Å². The quantitative estimate of drug-likeness (QED) is 0.457. The first kappa shape index (κ1) is 23.5. The molecule has 3 heteroatoms. The van der Waals surface area contributed by atoms with Crippen molar-refractivity contribution in [2.45, 2.75) is 60.4 Å². The third kappa shape index (κ3) is 10.6. The van der Waals surface area contributed by atoms with E-state index in [0.717, 1.165) is 37.8 Å². The van der Waals surface area contributed by atoms with Crippen molar-refractivity contribution in [3.8, 4) is 0 Å². The zero-order valence-electron chi connectivity index (χ0n) is 18.5. The van der Waals surface area contributed by atoms with Gasteiger partial charge in [-0.1, -0.05) is 59.7 Å². The zero-order valence-corrected chi connectivity index (χ0v) is 19.3. The van der Waals surface area contributed by atoms with Gasteiger partial charge in [-0.2, -0.15) is 11.8 Å². The van der Waals surface area contributed by atoms with Gasteiger partial charge in [0.2, 0.25) is 0 Å². The number of benzene rings is 1. The summed E-state index contributed by atoms with van der Waals surface area (Å²) < 4.78 is 0. The Morgan fingerprint density at radius 1 is 0.692 bits per heavy atom. The highest BCUT2D eigenvalue weighted by Gasteiger charge is 2.09. The molecule has 26 heavy (non-hydrogen) atoms. The smallest absolute Gasteiger partial charge is 0.0231 e. The molecule has 150 valence electrons. The summed E-state index contributed by atoms with van der Waals surface area (Å²) in [6.45, 7) is 18.2. The van der Waals surface area contributed by atoms with Crippen LogP contribution in [0.5, 0.6) is 0 Å². The van der Waals surface area contributed by atoms with Crippen LogP contribution >= 0.6 is 11.8 Å². The van der Waals surface area contributed by atoms with Gasteiger partial charge in [-0.3, -0.25) is 0 Å². The molecule has 0 radical (unpaired) electrons. The largest absolute Gasteiger partial charge is 0.302 e. The van der Waals surface area contributed by atoms with Gasteiger partial charge in [0.25, 0.3) is 0 Å². The summed E-state index contributed by atoms with van der Waals surface area (Å²) in [6.07, 6.45) is 0. The van der Waals surface area contributed by atoms with Crippen LogP contribution in [-0.4, -0.2) is 42.7 Å². The van der Waals surface area contributed by atoms with Gasteiger partial charge in [0, 0.05) is 31.9 Å². The summed E-state index contributed by atoms with van der Waals surface area (Å²) in [5.74, 6) is 4.54. The number of rotatable bonds is 12. The first-order chi connectivity index (χ1) is 12.2. The third-order valence-electron chi connectivity index (χ3n) is 4.09. The molecule has 0 bridgehead atoms. The molecule has 0 aliphatic carbocycles. The minimum atomic E-state index is 0.710. The van der Waals surface area contributed by atoms with Crippen molar-refractivity contribution in [3.63, 3.8) is 0 Å². The third-order valence-corrected chi connectivity index (χ3v) is 5.53. The van der Waals surface area contributed by atoms with Crippen LogP contribution in [0.25, 0.3) is 0 Å². The molecule has 0 aromatic heterocycles. The average molecular weight is 379 g/mol. The second kappa shape index (κ2) is 12.0. The topological polar surface area (TPSA) is 6.48 Å². The second-order valence-corrected chi connectivity index (χ2v) is 10.3. The Hall–Kier alpha value is -0.510. The molecule has 1 aromatic carbocycles. The van der Waals surface area contributed by atoms with Crippen LogP contribution in [0.1, 0.15) is 58.2 Å².